The molecule has 75 heavy (non-hydrogen) atoms. The van der Waals surface area contributed by atoms with Crippen LogP contribution in [0.2, 0.25) is 0 Å². The lowest BCUT2D eigenvalue weighted by Gasteiger charge is -2.46. The van der Waals surface area contributed by atoms with Gasteiger partial charge in [0.05, 0.1) is 32.0 Å². The maximum Gasteiger partial charge on any atom is 0.220 e. The second-order valence-corrected chi connectivity index (χ2v) is 21.8. The average Bonchev–Trinajstić information content (AvgIpc) is 3.41. The molecule has 2 heterocycles. The molecule has 440 valence electrons. The Bertz CT molecular complexity index is 1400. The molecule has 2 rings (SSSR count). The number of carbonyl (C=O) groups excluding carboxylic acids is 1. The first kappa shape index (κ1) is 69.3. The number of rotatable bonds is 49. The number of unbranched alkanes of at least 4 members (excludes halogenated alkanes) is 32. The molecule has 0 aromatic carbocycles. The van der Waals surface area contributed by atoms with Gasteiger partial charge in [0, 0.05) is 6.42 Å². The minimum absolute atomic E-state index is 0.250. The Hall–Kier alpha value is -1.79. The number of aliphatic hydroxyl groups is 8. The van der Waals surface area contributed by atoms with Crippen molar-refractivity contribution in [3.63, 3.8) is 0 Å². The molecule has 14 nitrogen and oxygen atoms in total. The topological polar surface area (TPSA) is 228 Å². The lowest BCUT2D eigenvalue weighted by atomic mass is 9.97. The van der Waals surface area contributed by atoms with Gasteiger partial charge >= 0.3 is 0 Å². The van der Waals surface area contributed by atoms with E-state index in [1.807, 2.05) is 6.08 Å². The molecule has 14 heteroatoms. The monoisotopic (exact) mass is 1070 g/mol. The smallest absolute Gasteiger partial charge is 0.220 e. The Labute approximate surface area is 455 Å². The van der Waals surface area contributed by atoms with Gasteiger partial charge in [-0.2, -0.15) is 0 Å². The number of nitrogens with one attached hydrogen (secondary N) is 1. The summed E-state index contributed by atoms with van der Waals surface area (Å²) < 4.78 is 22.8. The number of hydrogen-bond acceptors (Lipinski definition) is 13. The van der Waals surface area contributed by atoms with Gasteiger partial charge in [-0.3, -0.25) is 4.79 Å². The van der Waals surface area contributed by atoms with Crippen LogP contribution in [-0.4, -0.2) is 140 Å². The van der Waals surface area contributed by atoms with Crippen LogP contribution >= 0.6 is 0 Å². The van der Waals surface area contributed by atoms with Gasteiger partial charge in [-0.15, -0.1) is 0 Å². The summed E-state index contributed by atoms with van der Waals surface area (Å²) in [6.07, 6.45) is 40.4. The number of carbonyl (C=O) groups is 1. The first-order valence-corrected chi connectivity index (χ1v) is 30.7. The van der Waals surface area contributed by atoms with Crippen molar-refractivity contribution in [3.8, 4) is 0 Å². The molecule has 12 atom stereocenters. The van der Waals surface area contributed by atoms with Gasteiger partial charge in [0.1, 0.15) is 48.8 Å². The standard InChI is InChI=1S/C61H113NO13/c1-3-5-7-9-11-13-15-17-19-21-23-24-25-27-28-30-32-34-36-38-40-42-44-50(65)49(62-53(66)45-43-41-39-37-35-33-31-29-26-22-20-18-16-14-12-10-8-6-4-2)48-72-60-58(71)56(69)59(52(47-64)74-60)75-61-57(70)55(68)54(67)51(46-63)73-61/h18,20,34,36,42,44,49-52,54-61,63-65,67-71H,3-17,19,21-33,35,37-41,43,45-48H2,1-2H3,(H,62,66)/b20-18-,36-34+,44-42+. The molecular formula is C61H113NO13. The third-order valence-corrected chi connectivity index (χ3v) is 15.0. The highest BCUT2D eigenvalue weighted by molar-refractivity contribution is 5.76. The summed E-state index contributed by atoms with van der Waals surface area (Å²) in [5, 5.41) is 87.1. The van der Waals surface area contributed by atoms with Gasteiger partial charge in [-0.25, -0.2) is 0 Å². The quantitative estimate of drug-likeness (QED) is 0.0204. The van der Waals surface area contributed by atoms with Crippen molar-refractivity contribution in [2.75, 3.05) is 19.8 Å². The van der Waals surface area contributed by atoms with Crippen LogP contribution in [0.5, 0.6) is 0 Å². The van der Waals surface area contributed by atoms with Crippen molar-refractivity contribution in [1.82, 2.24) is 5.32 Å². The van der Waals surface area contributed by atoms with Gasteiger partial charge in [0.2, 0.25) is 5.91 Å². The summed E-state index contributed by atoms with van der Waals surface area (Å²) in [7, 11) is 0. The zero-order valence-corrected chi connectivity index (χ0v) is 47.3. The Kier molecular flexibility index (Phi) is 43.5. The number of amides is 1. The van der Waals surface area contributed by atoms with Gasteiger partial charge in [0.25, 0.3) is 0 Å². The lowest BCUT2D eigenvalue weighted by Crippen LogP contribution is -2.65. The maximum atomic E-state index is 13.3. The Morgan fingerprint density at radius 2 is 0.853 bits per heavy atom. The van der Waals surface area contributed by atoms with Crippen LogP contribution in [0.4, 0.5) is 0 Å². The van der Waals surface area contributed by atoms with Gasteiger partial charge in [-0.1, -0.05) is 224 Å². The first-order valence-electron chi connectivity index (χ1n) is 30.7. The number of hydrogen-bond donors (Lipinski definition) is 9. The molecule has 0 bridgehead atoms. The molecule has 2 aliphatic heterocycles. The Morgan fingerprint density at radius 1 is 0.467 bits per heavy atom. The minimum atomic E-state index is -1.79. The Balaban J connectivity index is 1.78. The summed E-state index contributed by atoms with van der Waals surface area (Å²) in [6.45, 7) is 2.80. The van der Waals surface area contributed by atoms with Crippen LogP contribution in [0.15, 0.2) is 36.5 Å². The molecule has 0 radical (unpaired) electrons. The molecule has 9 N–H and O–H groups in total. The van der Waals surface area contributed by atoms with E-state index in [0.29, 0.717) is 12.8 Å². The number of ether oxygens (including phenoxy) is 4. The van der Waals surface area contributed by atoms with E-state index in [4.69, 9.17) is 18.9 Å². The van der Waals surface area contributed by atoms with Crippen LogP contribution in [0.25, 0.3) is 0 Å². The molecule has 0 aromatic heterocycles. The summed E-state index contributed by atoms with van der Waals surface area (Å²) in [4.78, 5) is 13.3. The van der Waals surface area contributed by atoms with Gasteiger partial charge in [0.15, 0.2) is 12.6 Å². The minimum Gasteiger partial charge on any atom is -0.394 e. The van der Waals surface area contributed by atoms with E-state index in [2.05, 4.69) is 43.5 Å². The van der Waals surface area contributed by atoms with Crippen molar-refractivity contribution in [2.24, 2.45) is 0 Å². The van der Waals surface area contributed by atoms with E-state index in [1.165, 1.54) is 186 Å². The van der Waals surface area contributed by atoms with Gasteiger partial charge < -0.3 is 65.1 Å². The fraction of sp³-hybridized carbons (Fsp3) is 0.885. The molecule has 0 aromatic rings. The van der Waals surface area contributed by atoms with Gasteiger partial charge in [-0.05, 0) is 57.8 Å². The highest BCUT2D eigenvalue weighted by Crippen LogP contribution is 2.30. The highest BCUT2D eigenvalue weighted by atomic mass is 16.7. The second-order valence-electron chi connectivity index (χ2n) is 21.8. The van der Waals surface area contributed by atoms with Crippen LogP contribution in [0.1, 0.15) is 251 Å². The van der Waals surface area contributed by atoms with E-state index in [1.54, 1.807) is 6.08 Å². The average molecular weight is 1070 g/mol. The van der Waals surface area contributed by atoms with E-state index in [-0.39, 0.29) is 18.9 Å². The summed E-state index contributed by atoms with van der Waals surface area (Å²) in [5.41, 5.74) is 0. The summed E-state index contributed by atoms with van der Waals surface area (Å²) in [6, 6.07) is -0.932. The summed E-state index contributed by atoms with van der Waals surface area (Å²) in [5.74, 6) is -0.250. The van der Waals surface area contributed by atoms with Crippen molar-refractivity contribution >= 4 is 5.91 Å². The molecule has 0 spiro atoms. The van der Waals surface area contributed by atoms with Crippen molar-refractivity contribution < 1.29 is 64.6 Å². The largest absolute Gasteiger partial charge is 0.394 e. The number of allylic oxidation sites excluding steroid dienone is 5. The van der Waals surface area contributed by atoms with E-state index < -0.39 is 86.8 Å². The highest BCUT2D eigenvalue weighted by Gasteiger charge is 2.51. The fourth-order valence-electron chi connectivity index (χ4n) is 10.1. The van der Waals surface area contributed by atoms with Crippen molar-refractivity contribution in [2.45, 2.75) is 325 Å². The van der Waals surface area contributed by atoms with Crippen molar-refractivity contribution in [3.05, 3.63) is 36.5 Å². The van der Waals surface area contributed by atoms with Crippen LogP contribution in [-0.2, 0) is 23.7 Å². The molecule has 2 fully saturated rings. The number of aliphatic hydroxyl groups excluding tert-OH is 8. The summed E-state index contributed by atoms with van der Waals surface area (Å²) >= 11 is 0. The fourth-order valence-corrected chi connectivity index (χ4v) is 10.1. The molecule has 12 unspecified atom stereocenters. The molecule has 1 amide bonds. The zero-order valence-electron chi connectivity index (χ0n) is 47.3. The van der Waals surface area contributed by atoms with E-state index >= 15 is 0 Å². The molecule has 2 saturated heterocycles. The predicted molar refractivity (Wildman–Crippen MR) is 300 cm³/mol. The molecule has 0 saturated carbocycles. The third-order valence-electron chi connectivity index (χ3n) is 15.0. The van der Waals surface area contributed by atoms with Crippen LogP contribution < -0.4 is 5.32 Å². The molecular weight excluding hydrogens is 955 g/mol. The Morgan fingerprint density at radius 3 is 1.31 bits per heavy atom. The molecule has 2 aliphatic rings. The van der Waals surface area contributed by atoms with Crippen LogP contribution in [0, 0.1) is 0 Å². The van der Waals surface area contributed by atoms with E-state index in [0.717, 1.165) is 32.1 Å². The normalized spacial score (nSPS) is 25.3. The lowest BCUT2D eigenvalue weighted by molar-refractivity contribution is -0.359. The SMILES string of the molecule is CCCCCCCC/C=C\CCCCCCCCCCCC(=O)NC(COC1OC(CO)C(OC2OC(CO)C(O)C(O)C2O)C(O)C1O)C(O)/C=C/CC/C=C/CCCCCCCCCCCCCCCCCC. The maximum absolute atomic E-state index is 13.3. The predicted octanol–water partition coefficient (Wildman–Crippen LogP) is 10.6. The first-order chi connectivity index (χ1) is 36.6. The molecule has 0 aliphatic carbocycles. The van der Waals surface area contributed by atoms with E-state index in [9.17, 15) is 45.6 Å². The third kappa shape index (κ3) is 32.8. The second kappa shape index (κ2) is 47.1. The van der Waals surface area contributed by atoms with Crippen LogP contribution in [0.3, 0.4) is 0 Å². The zero-order chi connectivity index (χ0) is 54.6. The van der Waals surface area contributed by atoms with Crippen molar-refractivity contribution in [1.29, 1.82) is 0 Å².